The smallest absolute Gasteiger partial charge is 0.411 e. The molecule has 124 valence electrons. The number of ether oxygens (including phenoxy) is 1. The molecule has 0 spiro atoms. The molecule has 0 bridgehead atoms. The lowest BCUT2D eigenvalue weighted by atomic mass is 9.98. The molecule has 1 atom stereocenters. The van der Waals surface area contributed by atoms with Gasteiger partial charge in [-0.3, -0.25) is 9.58 Å². The molecular formula is C16H27N3O3. The number of carbonyl (C=O) groups excluding carboxylic acids is 2. The van der Waals surface area contributed by atoms with Gasteiger partial charge in [0.15, 0.2) is 6.29 Å². The fourth-order valence-electron chi connectivity index (χ4n) is 1.94. The molecule has 6 heteroatoms. The lowest BCUT2D eigenvalue weighted by Gasteiger charge is -2.34. The Kier molecular flexibility index (Phi) is 5.38. The van der Waals surface area contributed by atoms with E-state index in [1.165, 1.54) is 4.90 Å². The third-order valence-corrected chi connectivity index (χ3v) is 3.31. The minimum Gasteiger partial charge on any atom is -0.444 e. The Balaban J connectivity index is 3.02. The summed E-state index contributed by atoms with van der Waals surface area (Å²) in [7, 11) is 1.55. The Morgan fingerprint density at radius 2 is 2.00 bits per heavy atom. The van der Waals surface area contributed by atoms with Gasteiger partial charge in [0.2, 0.25) is 0 Å². The number of aromatic nitrogens is 2. The number of rotatable bonds is 5. The summed E-state index contributed by atoms with van der Waals surface area (Å²) in [4.78, 5) is 25.2. The first-order chi connectivity index (χ1) is 9.99. The molecule has 0 saturated heterocycles. The maximum absolute atomic E-state index is 12.2. The average molecular weight is 309 g/mol. The van der Waals surface area contributed by atoms with Crippen LogP contribution in [0.1, 0.15) is 47.2 Å². The number of hydrogen-bond donors (Lipinski definition) is 0. The van der Waals surface area contributed by atoms with Crippen LogP contribution in [-0.2, 0) is 21.6 Å². The van der Waals surface area contributed by atoms with Crippen LogP contribution in [0.3, 0.4) is 0 Å². The van der Waals surface area contributed by atoms with Gasteiger partial charge in [0.25, 0.3) is 0 Å². The maximum atomic E-state index is 12.2. The van der Waals surface area contributed by atoms with Crippen molar-refractivity contribution in [2.45, 2.75) is 59.2 Å². The minimum absolute atomic E-state index is 0.443. The van der Waals surface area contributed by atoms with Crippen molar-refractivity contribution in [1.29, 1.82) is 0 Å². The number of carbonyl (C=O) groups is 2. The predicted molar refractivity (Wildman–Crippen MR) is 84.5 cm³/mol. The van der Waals surface area contributed by atoms with E-state index in [1.807, 2.05) is 6.20 Å². The fourth-order valence-corrected chi connectivity index (χ4v) is 1.94. The molecule has 1 aromatic heterocycles. The zero-order valence-electron chi connectivity index (χ0n) is 14.6. The summed E-state index contributed by atoms with van der Waals surface area (Å²) in [6.45, 7) is 12.0. The van der Waals surface area contributed by atoms with Crippen LogP contribution < -0.4 is 0 Å². The Hall–Kier alpha value is -1.85. The van der Waals surface area contributed by atoms with Gasteiger partial charge in [-0.25, -0.2) is 4.79 Å². The molecule has 0 aliphatic heterocycles. The largest absolute Gasteiger partial charge is 0.444 e. The van der Waals surface area contributed by atoms with Crippen LogP contribution in [0.4, 0.5) is 4.79 Å². The minimum atomic E-state index is -1.16. The standard InChI is InChI=1S/C16H27N3O3/c1-12(2)10-19-9-8-13(17-19)16(6,11-20)18(7)14(21)22-15(3,4)5/h8-9,11-12H,10H2,1-7H3. The zero-order chi connectivity index (χ0) is 17.1. The first-order valence-electron chi connectivity index (χ1n) is 7.46. The van der Waals surface area contributed by atoms with Gasteiger partial charge in [-0.1, -0.05) is 13.8 Å². The van der Waals surface area contributed by atoms with Crippen molar-refractivity contribution in [2.75, 3.05) is 7.05 Å². The Bertz CT molecular complexity index is 531. The number of nitrogens with zero attached hydrogens (tertiary/aromatic N) is 3. The molecular weight excluding hydrogens is 282 g/mol. The second-order valence-corrected chi connectivity index (χ2v) is 7.12. The average Bonchev–Trinajstić information content (AvgIpc) is 2.82. The first-order valence-corrected chi connectivity index (χ1v) is 7.46. The molecule has 0 aliphatic carbocycles. The third-order valence-electron chi connectivity index (χ3n) is 3.31. The molecule has 0 N–H and O–H groups in total. The van der Waals surface area contributed by atoms with Crippen LogP contribution in [0.15, 0.2) is 12.3 Å². The molecule has 0 aliphatic rings. The fraction of sp³-hybridized carbons (Fsp3) is 0.688. The van der Waals surface area contributed by atoms with Crippen molar-refractivity contribution in [3.63, 3.8) is 0 Å². The second-order valence-electron chi connectivity index (χ2n) is 7.12. The van der Waals surface area contributed by atoms with E-state index in [2.05, 4.69) is 18.9 Å². The summed E-state index contributed by atoms with van der Waals surface area (Å²) in [5.74, 6) is 0.443. The van der Waals surface area contributed by atoms with E-state index in [-0.39, 0.29) is 0 Å². The van der Waals surface area contributed by atoms with Crippen molar-refractivity contribution >= 4 is 12.4 Å². The number of aldehydes is 1. The van der Waals surface area contributed by atoms with E-state index >= 15 is 0 Å². The van der Waals surface area contributed by atoms with E-state index in [4.69, 9.17) is 4.74 Å². The molecule has 1 amide bonds. The molecule has 1 unspecified atom stereocenters. The second kappa shape index (κ2) is 6.50. The van der Waals surface area contributed by atoms with Crippen LogP contribution >= 0.6 is 0 Å². The van der Waals surface area contributed by atoms with Crippen LogP contribution in [-0.4, -0.2) is 39.7 Å². The van der Waals surface area contributed by atoms with E-state index < -0.39 is 17.2 Å². The van der Waals surface area contributed by atoms with Crippen molar-refractivity contribution < 1.29 is 14.3 Å². The Morgan fingerprint density at radius 1 is 1.41 bits per heavy atom. The molecule has 1 aromatic rings. The van der Waals surface area contributed by atoms with Gasteiger partial charge < -0.3 is 9.53 Å². The number of amides is 1. The molecule has 6 nitrogen and oxygen atoms in total. The molecule has 1 rings (SSSR count). The summed E-state index contributed by atoms with van der Waals surface area (Å²) in [6, 6.07) is 1.76. The van der Waals surface area contributed by atoms with Crippen LogP contribution in [0.5, 0.6) is 0 Å². The summed E-state index contributed by atoms with van der Waals surface area (Å²) < 4.78 is 7.12. The quantitative estimate of drug-likeness (QED) is 0.785. The third kappa shape index (κ3) is 4.32. The highest BCUT2D eigenvalue weighted by Crippen LogP contribution is 2.25. The van der Waals surface area contributed by atoms with Crippen molar-refractivity contribution in [3.8, 4) is 0 Å². The van der Waals surface area contributed by atoms with Crippen molar-refractivity contribution in [1.82, 2.24) is 14.7 Å². The van der Waals surface area contributed by atoms with Crippen LogP contribution in [0.2, 0.25) is 0 Å². The molecule has 0 radical (unpaired) electrons. The molecule has 0 saturated carbocycles. The van der Waals surface area contributed by atoms with Gasteiger partial charge in [-0.2, -0.15) is 5.10 Å². The maximum Gasteiger partial charge on any atom is 0.411 e. The number of hydrogen-bond acceptors (Lipinski definition) is 4. The highest BCUT2D eigenvalue weighted by molar-refractivity contribution is 5.77. The number of likely N-dealkylation sites (N-methyl/N-ethyl adjacent to an activating group) is 1. The monoisotopic (exact) mass is 309 g/mol. The SMILES string of the molecule is CC(C)Cn1ccc(C(C)(C=O)N(C)C(=O)OC(C)(C)C)n1. The first kappa shape index (κ1) is 18.2. The Morgan fingerprint density at radius 3 is 2.45 bits per heavy atom. The molecule has 0 fully saturated rings. The van der Waals surface area contributed by atoms with Gasteiger partial charge in [0, 0.05) is 19.8 Å². The summed E-state index contributed by atoms with van der Waals surface area (Å²) in [5, 5.41) is 4.43. The van der Waals surface area contributed by atoms with E-state index in [0.717, 1.165) is 12.8 Å². The van der Waals surface area contributed by atoms with E-state index in [9.17, 15) is 9.59 Å². The van der Waals surface area contributed by atoms with Crippen LogP contribution in [0.25, 0.3) is 0 Å². The van der Waals surface area contributed by atoms with Crippen molar-refractivity contribution in [2.24, 2.45) is 5.92 Å². The van der Waals surface area contributed by atoms with Gasteiger partial charge in [0.1, 0.15) is 11.1 Å². The summed E-state index contributed by atoms with van der Waals surface area (Å²) in [6.07, 6.45) is 1.99. The highest BCUT2D eigenvalue weighted by atomic mass is 16.6. The van der Waals surface area contributed by atoms with Gasteiger partial charge in [-0.05, 0) is 39.7 Å². The normalized spacial score (nSPS) is 14.5. The summed E-state index contributed by atoms with van der Waals surface area (Å²) >= 11 is 0. The molecule has 22 heavy (non-hydrogen) atoms. The van der Waals surface area contributed by atoms with E-state index in [1.54, 1.807) is 45.5 Å². The van der Waals surface area contributed by atoms with Crippen LogP contribution in [0, 0.1) is 5.92 Å². The molecule has 0 aromatic carbocycles. The van der Waals surface area contributed by atoms with Gasteiger partial charge in [-0.15, -0.1) is 0 Å². The zero-order valence-corrected chi connectivity index (χ0v) is 14.6. The summed E-state index contributed by atoms with van der Waals surface area (Å²) in [5.41, 5.74) is -1.26. The van der Waals surface area contributed by atoms with Crippen molar-refractivity contribution in [3.05, 3.63) is 18.0 Å². The lowest BCUT2D eigenvalue weighted by molar-refractivity contribution is -0.117. The Labute approximate surface area is 132 Å². The highest BCUT2D eigenvalue weighted by Gasteiger charge is 2.38. The topological polar surface area (TPSA) is 64.4 Å². The molecule has 1 heterocycles. The van der Waals surface area contributed by atoms with Gasteiger partial charge >= 0.3 is 6.09 Å². The van der Waals surface area contributed by atoms with E-state index in [0.29, 0.717) is 11.6 Å². The lowest BCUT2D eigenvalue weighted by Crippen LogP contribution is -2.48. The predicted octanol–water partition coefficient (Wildman–Crippen LogP) is 2.82. The van der Waals surface area contributed by atoms with Gasteiger partial charge in [0.05, 0.1) is 5.69 Å².